The number of carboxylic acid groups (broad SMARTS) is 1. The summed E-state index contributed by atoms with van der Waals surface area (Å²) in [6.07, 6.45) is -4.38. The Labute approximate surface area is 120 Å². The number of carbonyl (C=O) groups is 1. The molecule has 2 atom stereocenters. The fourth-order valence-electron chi connectivity index (χ4n) is 2.54. The van der Waals surface area contributed by atoms with Crippen LogP contribution in [0.2, 0.25) is 0 Å². The fourth-order valence-corrected chi connectivity index (χ4v) is 2.54. The summed E-state index contributed by atoms with van der Waals surface area (Å²) in [6, 6.07) is 4.37. The summed E-state index contributed by atoms with van der Waals surface area (Å²) in [5.74, 6) is -1.63. The Kier molecular flexibility index (Phi) is 4.41. The minimum Gasteiger partial charge on any atom is -0.481 e. The van der Waals surface area contributed by atoms with Crippen molar-refractivity contribution in [2.75, 3.05) is 24.7 Å². The van der Waals surface area contributed by atoms with Crippen molar-refractivity contribution in [2.24, 2.45) is 5.92 Å². The summed E-state index contributed by atoms with van der Waals surface area (Å²) in [4.78, 5) is 13.0. The Bertz CT molecular complexity index is 501. The van der Waals surface area contributed by atoms with Crippen LogP contribution in [0.3, 0.4) is 0 Å². The average molecular weight is 303 g/mol. The Morgan fingerprint density at radius 3 is 2.43 bits per heavy atom. The SMILES string of the molecule is CCN(c1ccc(C(F)(F)F)cc1)C1COCC1C(=O)O. The third kappa shape index (κ3) is 3.29. The van der Waals surface area contributed by atoms with Crippen molar-refractivity contribution in [3.63, 3.8) is 0 Å². The van der Waals surface area contributed by atoms with Crippen LogP contribution in [0, 0.1) is 5.92 Å². The molecule has 0 amide bonds. The molecule has 1 N–H and O–H groups in total. The number of ether oxygens (including phenoxy) is 1. The van der Waals surface area contributed by atoms with Gasteiger partial charge in [-0.2, -0.15) is 13.2 Å². The van der Waals surface area contributed by atoms with Crippen LogP contribution in [0.5, 0.6) is 0 Å². The quantitative estimate of drug-likeness (QED) is 0.929. The summed E-state index contributed by atoms with van der Waals surface area (Å²) in [7, 11) is 0. The van der Waals surface area contributed by atoms with Gasteiger partial charge in [0, 0.05) is 12.2 Å². The lowest BCUT2D eigenvalue weighted by atomic mass is 10.0. The van der Waals surface area contributed by atoms with Crippen molar-refractivity contribution in [1.29, 1.82) is 0 Å². The number of hydrogen-bond donors (Lipinski definition) is 1. The standard InChI is InChI=1S/C14H16F3NO3/c1-2-18(12-8-21-7-11(12)13(19)20)10-5-3-9(4-6-10)14(15,16)17/h3-6,11-12H,2,7-8H2,1H3,(H,19,20). The zero-order valence-corrected chi connectivity index (χ0v) is 11.4. The number of halogens is 3. The lowest BCUT2D eigenvalue weighted by Crippen LogP contribution is -2.43. The predicted octanol–water partition coefficient (Wildman–Crippen LogP) is 2.63. The highest BCUT2D eigenvalue weighted by Crippen LogP contribution is 2.32. The molecule has 1 aliphatic rings. The molecule has 0 radical (unpaired) electrons. The molecular formula is C14H16F3NO3. The summed E-state index contributed by atoms with van der Waals surface area (Å²) in [6.45, 7) is 2.70. The molecule has 116 valence electrons. The Hall–Kier alpha value is -1.76. The monoisotopic (exact) mass is 303 g/mol. The first-order valence-corrected chi connectivity index (χ1v) is 6.59. The molecule has 0 bridgehead atoms. The van der Waals surface area contributed by atoms with E-state index in [4.69, 9.17) is 4.74 Å². The zero-order chi connectivity index (χ0) is 15.6. The Morgan fingerprint density at radius 1 is 1.33 bits per heavy atom. The molecule has 1 aromatic carbocycles. The summed E-state index contributed by atoms with van der Waals surface area (Å²) >= 11 is 0. The van der Waals surface area contributed by atoms with Crippen LogP contribution in [0.1, 0.15) is 12.5 Å². The molecule has 0 saturated carbocycles. The van der Waals surface area contributed by atoms with Crippen LogP contribution in [-0.4, -0.2) is 36.9 Å². The summed E-state index contributed by atoms with van der Waals surface area (Å²) < 4.78 is 42.9. The highest BCUT2D eigenvalue weighted by atomic mass is 19.4. The van der Waals surface area contributed by atoms with E-state index in [2.05, 4.69) is 0 Å². The van der Waals surface area contributed by atoms with Gasteiger partial charge in [0.1, 0.15) is 5.92 Å². The Morgan fingerprint density at radius 2 is 1.95 bits per heavy atom. The van der Waals surface area contributed by atoms with Gasteiger partial charge in [-0.15, -0.1) is 0 Å². The molecule has 0 spiro atoms. The minimum atomic E-state index is -4.38. The number of likely N-dealkylation sites (N-methyl/N-ethyl adjacent to an activating group) is 1. The molecule has 1 aliphatic heterocycles. The lowest BCUT2D eigenvalue weighted by molar-refractivity contribution is -0.142. The molecule has 2 rings (SSSR count). The third-order valence-electron chi connectivity index (χ3n) is 3.63. The van der Waals surface area contributed by atoms with Crippen LogP contribution in [0.25, 0.3) is 0 Å². The highest BCUT2D eigenvalue weighted by molar-refractivity contribution is 5.72. The second kappa shape index (κ2) is 5.93. The molecular weight excluding hydrogens is 287 g/mol. The largest absolute Gasteiger partial charge is 0.481 e. The Balaban J connectivity index is 2.23. The van der Waals surface area contributed by atoms with E-state index in [-0.39, 0.29) is 19.3 Å². The van der Waals surface area contributed by atoms with Crippen LogP contribution >= 0.6 is 0 Å². The number of nitrogens with zero attached hydrogens (tertiary/aromatic N) is 1. The van der Waals surface area contributed by atoms with Gasteiger partial charge in [0.15, 0.2) is 0 Å². The molecule has 21 heavy (non-hydrogen) atoms. The van der Waals surface area contributed by atoms with E-state index in [1.807, 2.05) is 6.92 Å². The molecule has 4 nitrogen and oxygen atoms in total. The van der Waals surface area contributed by atoms with Crippen LogP contribution in [0.15, 0.2) is 24.3 Å². The van der Waals surface area contributed by atoms with Gasteiger partial charge >= 0.3 is 12.1 Å². The topological polar surface area (TPSA) is 49.8 Å². The van der Waals surface area contributed by atoms with E-state index in [0.717, 1.165) is 12.1 Å². The van der Waals surface area contributed by atoms with Crippen molar-refractivity contribution in [1.82, 2.24) is 0 Å². The lowest BCUT2D eigenvalue weighted by Gasteiger charge is -2.31. The van der Waals surface area contributed by atoms with E-state index in [1.165, 1.54) is 12.1 Å². The first-order valence-electron chi connectivity index (χ1n) is 6.59. The number of rotatable bonds is 4. The van der Waals surface area contributed by atoms with Gasteiger partial charge in [-0.25, -0.2) is 0 Å². The molecule has 2 unspecified atom stereocenters. The van der Waals surface area contributed by atoms with Gasteiger partial charge in [-0.05, 0) is 31.2 Å². The highest BCUT2D eigenvalue weighted by Gasteiger charge is 2.38. The van der Waals surface area contributed by atoms with E-state index < -0.39 is 23.6 Å². The van der Waals surface area contributed by atoms with E-state index in [1.54, 1.807) is 4.90 Å². The van der Waals surface area contributed by atoms with Crippen LogP contribution < -0.4 is 4.90 Å². The number of aliphatic carboxylic acids is 1. The van der Waals surface area contributed by atoms with Crippen molar-refractivity contribution < 1.29 is 27.8 Å². The molecule has 0 aliphatic carbocycles. The summed E-state index contributed by atoms with van der Waals surface area (Å²) in [5.41, 5.74) is -0.160. The number of hydrogen-bond acceptors (Lipinski definition) is 3. The van der Waals surface area contributed by atoms with Crippen molar-refractivity contribution in [3.05, 3.63) is 29.8 Å². The normalized spacial score (nSPS) is 22.3. The van der Waals surface area contributed by atoms with Crippen molar-refractivity contribution in [3.8, 4) is 0 Å². The number of benzene rings is 1. The molecule has 1 heterocycles. The molecule has 1 aromatic rings. The average Bonchev–Trinajstić information content (AvgIpc) is 2.88. The predicted molar refractivity (Wildman–Crippen MR) is 70.2 cm³/mol. The molecule has 1 saturated heterocycles. The van der Waals surface area contributed by atoms with E-state index in [9.17, 15) is 23.1 Å². The van der Waals surface area contributed by atoms with Gasteiger partial charge in [0.05, 0.1) is 24.8 Å². The minimum absolute atomic E-state index is 0.122. The maximum Gasteiger partial charge on any atom is 0.416 e. The van der Waals surface area contributed by atoms with E-state index >= 15 is 0 Å². The zero-order valence-electron chi connectivity index (χ0n) is 11.4. The molecule has 1 fully saturated rings. The first kappa shape index (κ1) is 15.6. The number of alkyl halides is 3. The maximum atomic E-state index is 12.6. The van der Waals surface area contributed by atoms with Gasteiger partial charge < -0.3 is 14.7 Å². The number of anilines is 1. The molecule has 0 aromatic heterocycles. The van der Waals surface area contributed by atoms with Gasteiger partial charge in [0.2, 0.25) is 0 Å². The van der Waals surface area contributed by atoms with Crippen molar-refractivity contribution >= 4 is 11.7 Å². The number of carboxylic acids is 1. The maximum absolute atomic E-state index is 12.6. The van der Waals surface area contributed by atoms with Gasteiger partial charge in [-0.3, -0.25) is 4.79 Å². The third-order valence-corrected chi connectivity index (χ3v) is 3.63. The van der Waals surface area contributed by atoms with E-state index in [0.29, 0.717) is 12.2 Å². The summed E-state index contributed by atoms with van der Waals surface area (Å²) in [5, 5.41) is 9.17. The van der Waals surface area contributed by atoms with Crippen LogP contribution in [-0.2, 0) is 15.7 Å². The van der Waals surface area contributed by atoms with Crippen LogP contribution in [0.4, 0.5) is 18.9 Å². The fraction of sp³-hybridized carbons (Fsp3) is 0.500. The van der Waals surface area contributed by atoms with Crippen molar-refractivity contribution in [2.45, 2.75) is 19.1 Å². The van der Waals surface area contributed by atoms with Gasteiger partial charge in [-0.1, -0.05) is 0 Å². The van der Waals surface area contributed by atoms with Gasteiger partial charge in [0.25, 0.3) is 0 Å². The first-order chi connectivity index (χ1) is 9.84. The second-order valence-electron chi connectivity index (χ2n) is 4.88. The molecule has 7 heteroatoms. The smallest absolute Gasteiger partial charge is 0.416 e. The second-order valence-corrected chi connectivity index (χ2v) is 4.88.